The Kier molecular flexibility index (Phi) is 4.27. The lowest BCUT2D eigenvalue weighted by Gasteiger charge is -2.18. The van der Waals surface area contributed by atoms with Gasteiger partial charge in [-0.25, -0.2) is 8.78 Å². The maximum atomic E-state index is 14.1. The van der Waals surface area contributed by atoms with E-state index in [1.54, 1.807) is 38.2 Å². The van der Waals surface area contributed by atoms with Crippen molar-refractivity contribution in [3.8, 4) is 0 Å². The molecule has 100 valence electrons. The van der Waals surface area contributed by atoms with E-state index in [2.05, 4.69) is 5.32 Å². The fourth-order valence-corrected chi connectivity index (χ4v) is 2.16. The fraction of sp³-hybridized carbons (Fsp3) is 0.250. The maximum Gasteiger partial charge on any atom is 0.130 e. The van der Waals surface area contributed by atoms with Gasteiger partial charge in [-0.15, -0.1) is 0 Å². The van der Waals surface area contributed by atoms with Crippen LogP contribution in [-0.2, 0) is 6.42 Å². The first-order valence-electron chi connectivity index (χ1n) is 6.28. The van der Waals surface area contributed by atoms with E-state index in [4.69, 9.17) is 0 Å². The van der Waals surface area contributed by atoms with Gasteiger partial charge >= 0.3 is 0 Å². The van der Waals surface area contributed by atoms with Gasteiger partial charge in [0.1, 0.15) is 11.6 Å². The Balaban J connectivity index is 2.25. The molecular weight excluding hydrogens is 244 g/mol. The van der Waals surface area contributed by atoms with Crippen molar-refractivity contribution in [1.82, 2.24) is 5.32 Å². The molecular formula is C16H17F2N. The summed E-state index contributed by atoms with van der Waals surface area (Å²) < 4.78 is 27.0. The van der Waals surface area contributed by atoms with Crippen molar-refractivity contribution in [2.24, 2.45) is 0 Å². The number of rotatable bonds is 4. The van der Waals surface area contributed by atoms with Gasteiger partial charge in [0, 0.05) is 11.6 Å². The molecule has 0 saturated carbocycles. The smallest absolute Gasteiger partial charge is 0.130 e. The van der Waals surface area contributed by atoms with Crippen LogP contribution < -0.4 is 5.32 Å². The van der Waals surface area contributed by atoms with E-state index in [9.17, 15) is 8.78 Å². The predicted molar refractivity (Wildman–Crippen MR) is 73.0 cm³/mol. The van der Waals surface area contributed by atoms with E-state index in [0.29, 0.717) is 17.5 Å². The lowest BCUT2D eigenvalue weighted by atomic mass is 9.97. The molecule has 0 spiro atoms. The van der Waals surface area contributed by atoms with Gasteiger partial charge in [0.2, 0.25) is 0 Å². The first-order chi connectivity index (χ1) is 9.11. The first kappa shape index (κ1) is 13.7. The molecule has 1 unspecified atom stereocenters. The standard InChI is InChI=1S/C16H17F2N/c1-11-4-3-5-14(16(11)18)15(19-2)10-12-6-8-13(17)9-7-12/h3-9,15,19H,10H2,1-2H3. The zero-order valence-corrected chi connectivity index (χ0v) is 11.1. The van der Waals surface area contributed by atoms with Crippen LogP contribution in [0.3, 0.4) is 0 Å². The molecule has 0 bridgehead atoms. The average Bonchev–Trinajstić information content (AvgIpc) is 2.42. The molecule has 1 N–H and O–H groups in total. The van der Waals surface area contributed by atoms with E-state index in [0.717, 1.165) is 5.56 Å². The quantitative estimate of drug-likeness (QED) is 0.883. The second-order valence-corrected chi connectivity index (χ2v) is 4.65. The highest BCUT2D eigenvalue weighted by atomic mass is 19.1. The number of hydrogen-bond donors (Lipinski definition) is 1. The summed E-state index contributed by atoms with van der Waals surface area (Å²) in [6.45, 7) is 1.75. The highest BCUT2D eigenvalue weighted by molar-refractivity contribution is 5.29. The summed E-state index contributed by atoms with van der Waals surface area (Å²) in [6.07, 6.45) is 0.622. The van der Waals surface area contributed by atoms with Gasteiger partial charge in [0.05, 0.1) is 0 Å². The number of benzene rings is 2. The monoisotopic (exact) mass is 261 g/mol. The summed E-state index contributed by atoms with van der Waals surface area (Å²) in [6, 6.07) is 11.6. The second kappa shape index (κ2) is 5.93. The van der Waals surface area contributed by atoms with E-state index in [1.165, 1.54) is 12.1 Å². The topological polar surface area (TPSA) is 12.0 Å². The van der Waals surface area contributed by atoms with Gasteiger partial charge in [0.15, 0.2) is 0 Å². The SMILES string of the molecule is CNC(Cc1ccc(F)cc1)c1cccc(C)c1F. The van der Waals surface area contributed by atoms with Crippen LogP contribution in [0.5, 0.6) is 0 Å². The van der Waals surface area contributed by atoms with Crippen molar-refractivity contribution in [2.75, 3.05) is 7.05 Å². The van der Waals surface area contributed by atoms with Gasteiger partial charge < -0.3 is 5.32 Å². The molecule has 0 amide bonds. The first-order valence-corrected chi connectivity index (χ1v) is 6.28. The third-order valence-electron chi connectivity index (χ3n) is 3.30. The van der Waals surface area contributed by atoms with Crippen LogP contribution in [0.2, 0.25) is 0 Å². The molecule has 3 heteroatoms. The predicted octanol–water partition coefficient (Wildman–Crippen LogP) is 3.78. The maximum absolute atomic E-state index is 14.1. The number of hydrogen-bond acceptors (Lipinski definition) is 1. The third kappa shape index (κ3) is 3.18. The minimum Gasteiger partial charge on any atom is -0.313 e. The summed E-state index contributed by atoms with van der Waals surface area (Å²) in [5.74, 6) is -0.435. The van der Waals surface area contributed by atoms with Crippen molar-refractivity contribution in [1.29, 1.82) is 0 Å². The molecule has 0 fully saturated rings. The molecule has 19 heavy (non-hydrogen) atoms. The number of aryl methyl sites for hydroxylation is 1. The summed E-state index contributed by atoms with van der Waals surface area (Å²) in [5, 5.41) is 3.12. The van der Waals surface area contributed by atoms with E-state index >= 15 is 0 Å². The minimum atomic E-state index is -0.258. The second-order valence-electron chi connectivity index (χ2n) is 4.65. The lowest BCUT2D eigenvalue weighted by molar-refractivity contribution is 0.529. The average molecular weight is 261 g/mol. The van der Waals surface area contributed by atoms with E-state index in [1.807, 2.05) is 6.07 Å². The van der Waals surface area contributed by atoms with Crippen LogP contribution in [0.25, 0.3) is 0 Å². The molecule has 0 saturated heterocycles. The van der Waals surface area contributed by atoms with Crippen molar-refractivity contribution >= 4 is 0 Å². The largest absolute Gasteiger partial charge is 0.313 e. The highest BCUT2D eigenvalue weighted by Gasteiger charge is 2.15. The molecule has 0 radical (unpaired) electrons. The summed E-state index contributed by atoms with van der Waals surface area (Å²) in [5.41, 5.74) is 2.25. The number of nitrogens with one attached hydrogen (secondary N) is 1. The molecule has 2 aromatic carbocycles. The molecule has 2 aromatic rings. The number of likely N-dealkylation sites (N-methyl/N-ethyl adjacent to an activating group) is 1. The van der Waals surface area contributed by atoms with Crippen LogP contribution in [0, 0.1) is 18.6 Å². The van der Waals surface area contributed by atoms with Crippen molar-refractivity contribution < 1.29 is 8.78 Å². The van der Waals surface area contributed by atoms with E-state index in [-0.39, 0.29) is 17.7 Å². The molecule has 0 aromatic heterocycles. The number of halogens is 2. The Bertz CT molecular complexity index is 549. The molecule has 0 aliphatic heterocycles. The van der Waals surface area contributed by atoms with Crippen LogP contribution in [0.1, 0.15) is 22.7 Å². The molecule has 0 heterocycles. The van der Waals surface area contributed by atoms with E-state index < -0.39 is 0 Å². The molecule has 0 aliphatic carbocycles. The van der Waals surface area contributed by atoms with Gasteiger partial charge in [0.25, 0.3) is 0 Å². The zero-order chi connectivity index (χ0) is 13.8. The normalized spacial score (nSPS) is 12.4. The highest BCUT2D eigenvalue weighted by Crippen LogP contribution is 2.23. The third-order valence-corrected chi connectivity index (χ3v) is 3.30. The molecule has 1 nitrogen and oxygen atoms in total. The van der Waals surface area contributed by atoms with Crippen LogP contribution in [0.4, 0.5) is 8.78 Å². The zero-order valence-electron chi connectivity index (χ0n) is 11.1. The van der Waals surface area contributed by atoms with Crippen molar-refractivity contribution in [3.05, 3.63) is 70.8 Å². The molecule has 0 aliphatic rings. The van der Waals surface area contributed by atoms with Gasteiger partial charge in [-0.05, 0) is 43.7 Å². The minimum absolute atomic E-state index is 0.120. The molecule has 2 rings (SSSR count). The van der Waals surface area contributed by atoms with Crippen molar-refractivity contribution in [2.45, 2.75) is 19.4 Å². The Morgan fingerprint density at radius 2 is 1.74 bits per heavy atom. The Morgan fingerprint density at radius 3 is 2.37 bits per heavy atom. The van der Waals surface area contributed by atoms with Crippen molar-refractivity contribution in [3.63, 3.8) is 0 Å². The summed E-state index contributed by atoms with van der Waals surface area (Å²) in [4.78, 5) is 0. The van der Waals surface area contributed by atoms with Crippen LogP contribution in [0.15, 0.2) is 42.5 Å². The fourth-order valence-electron chi connectivity index (χ4n) is 2.16. The summed E-state index contributed by atoms with van der Waals surface area (Å²) in [7, 11) is 1.80. The molecule has 1 atom stereocenters. The van der Waals surface area contributed by atoms with Gasteiger partial charge in [-0.3, -0.25) is 0 Å². The van der Waals surface area contributed by atoms with Gasteiger partial charge in [-0.2, -0.15) is 0 Å². The van der Waals surface area contributed by atoms with Gasteiger partial charge in [-0.1, -0.05) is 30.3 Å². The summed E-state index contributed by atoms with van der Waals surface area (Å²) >= 11 is 0. The Labute approximate surface area is 112 Å². The Hall–Kier alpha value is -1.74. The van der Waals surface area contributed by atoms with Crippen LogP contribution in [-0.4, -0.2) is 7.05 Å². The van der Waals surface area contributed by atoms with Crippen LogP contribution >= 0.6 is 0 Å². The lowest BCUT2D eigenvalue weighted by Crippen LogP contribution is -2.20. The Morgan fingerprint density at radius 1 is 1.05 bits per heavy atom.